The van der Waals surface area contributed by atoms with Crippen molar-refractivity contribution in [3.8, 4) is 5.75 Å². The Morgan fingerprint density at radius 1 is 1.16 bits per heavy atom. The molecule has 0 unspecified atom stereocenters. The number of hydrogen-bond donors (Lipinski definition) is 1. The lowest BCUT2D eigenvalue weighted by molar-refractivity contribution is -0.150. The molecule has 5 atom stereocenters. The molecule has 9 heteroatoms. The number of nitrogens with zero attached hydrogens (tertiary/aromatic N) is 2. The summed E-state index contributed by atoms with van der Waals surface area (Å²) >= 11 is 6.56. The number of amides is 2. The summed E-state index contributed by atoms with van der Waals surface area (Å²) in [5, 5.41) is 12.0. The quantitative estimate of drug-likeness (QED) is 0.261. The van der Waals surface area contributed by atoms with Crippen molar-refractivity contribution >= 4 is 42.4 Å². The van der Waals surface area contributed by atoms with Crippen molar-refractivity contribution in [2.75, 3.05) is 25.2 Å². The molecule has 0 aliphatic carbocycles. The van der Waals surface area contributed by atoms with Gasteiger partial charge in [-0.25, -0.2) is 0 Å². The van der Waals surface area contributed by atoms with Gasteiger partial charge < -0.3 is 24.4 Å². The van der Waals surface area contributed by atoms with E-state index in [0.29, 0.717) is 24.5 Å². The Hall–Kier alpha value is -3.43. The van der Waals surface area contributed by atoms with Crippen LogP contribution in [0.25, 0.3) is 0 Å². The van der Waals surface area contributed by atoms with Crippen molar-refractivity contribution in [1.29, 1.82) is 0 Å². The summed E-state index contributed by atoms with van der Waals surface area (Å²) in [6.45, 7) is 11.2. The molecule has 6 rings (SSSR count). The standard InChI is InChI=1S/C36H41ClN2O5Si/c1-6-17-38-31-16-11-26(37)19-30(31)36(35(38)42)23(2)34(45(4,5)29-14-12-28(43-3)13-15-29)32(44-36)20-33(41)39-21-25-10-8-7-9-24(25)18-27(39)22-40/h6-16,19,23,27,32,34,40H,1,17-18,20-22H2,2-5H3/t23-,27+,32+,34-,36+/m1/s1. The molecule has 2 amide bonds. The molecular weight excluding hydrogens is 604 g/mol. The van der Waals surface area contributed by atoms with E-state index in [-0.39, 0.29) is 42.3 Å². The second-order valence-corrected chi connectivity index (χ2v) is 18.2. The number of rotatable bonds is 8. The molecule has 1 fully saturated rings. The van der Waals surface area contributed by atoms with Gasteiger partial charge in [0.25, 0.3) is 5.91 Å². The number of benzene rings is 3. The van der Waals surface area contributed by atoms with E-state index in [4.69, 9.17) is 21.1 Å². The number of carbonyl (C=O) groups excluding carboxylic acids is 2. The highest BCUT2D eigenvalue weighted by Crippen LogP contribution is 2.60. The van der Waals surface area contributed by atoms with Gasteiger partial charge in [-0.05, 0) is 53.4 Å². The van der Waals surface area contributed by atoms with Crippen molar-refractivity contribution in [3.63, 3.8) is 0 Å². The number of halogens is 1. The summed E-state index contributed by atoms with van der Waals surface area (Å²) in [7, 11) is -0.780. The molecule has 1 saturated heterocycles. The van der Waals surface area contributed by atoms with Gasteiger partial charge in [0, 0.05) is 29.6 Å². The fourth-order valence-corrected chi connectivity index (χ4v) is 12.3. The van der Waals surface area contributed by atoms with Crippen LogP contribution in [0.4, 0.5) is 5.69 Å². The Morgan fingerprint density at radius 3 is 2.53 bits per heavy atom. The molecule has 7 nitrogen and oxygen atoms in total. The number of hydrogen-bond acceptors (Lipinski definition) is 5. The Kier molecular flexibility index (Phi) is 8.45. The lowest BCUT2D eigenvalue weighted by atomic mass is 9.82. The molecule has 236 valence electrons. The number of methoxy groups -OCH3 is 1. The van der Waals surface area contributed by atoms with Crippen molar-refractivity contribution in [2.24, 2.45) is 5.92 Å². The Balaban J connectivity index is 1.43. The third-order valence-electron chi connectivity index (χ3n) is 10.4. The molecule has 3 aliphatic heterocycles. The maximum absolute atomic E-state index is 14.5. The van der Waals surface area contributed by atoms with E-state index in [2.05, 4.69) is 44.8 Å². The third-order valence-corrected chi connectivity index (χ3v) is 15.0. The molecule has 3 aliphatic rings. The summed E-state index contributed by atoms with van der Waals surface area (Å²) < 4.78 is 12.5. The van der Waals surface area contributed by atoms with Crippen molar-refractivity contribution < 1.29 is 24.2 Å². The predicted octanol–water partition coefficient (Wildman–Crippen LogP) is 5.43. The molecule has 45 heavy (non-hydrogen) atoms. The first-order valence-electron chi connectivity index (χ1n) is 15.6. The van der Waals surface area contributed by atoms with Crippen LogP contribution in [0.2, 0.25) is 23.7 Å². The van der Waals surface area contributed by atoms with E-state index in [1.54, 1.807) is 29.1 Å². The van der Waals surface area contributed by atoms with Crippen LogP contribution in [0.3, 0.4) is 0 Å². The zero-order valence-electron chi connectivity index (χ0n) is 26.3. The number of aliphatic hydroxyl groups is 1. The predicted molar refractivity (Wildman–Crippen MR) is 180 cm³/mol. The SMILES string of the molecule is C=CCN1C(=O)[C@@]2(O[C@@H](CC(=O)N3Cc4ccccc4C[C@H]3CO)[C@H]([Si](C)(C)c3ccc(OC)cc3)[C@H]2C)c2cc(Cl)ccc21. The Labute approximate surface area is 271 Å². The lowest BCUT2D eigenvalue weighted by Crippen LogP contribution is -2.52. The van der Waals surface area contributed by atoms with E-state index in [1.807, 2.05) is 42.5 Å². The second-order valence-electron chi connectivity index (χ2n) is 13.1. The van der Waals surface area contributed by atoms with Gasteiger partial charge in [-0.1, -0.05) is 79.3 Å². The topological polar surface area (TPSA) is 79.3 Å². The van der Waals surface area contributed by atoms with Crippen LogP contribution in [-0.4, -0.2) is 62.3 Å². The van der Waals surface area contributed by atoms with Crippen LogP contribution in [0.1, 0.15) is 30.0 Å². The van der Waals surface area contributed by atoms with Crippen molar-refractivity contribution in [2.45, 2.75) is 62.7 Å². The fourth-order valence-electron chi connectivity index (χ4n) is 8.13. The molecule has 0 aromatic heterocycles. The molecule has 1 N–H and O–H groups in total. The first-order valence-corrected chi connectivity index (χ1v) is 19.0. The zero-order valence-corrected chi connectivity index (χ0v) is 28.1. The van der Waals surface area contributed by atoms with Gasteiger partial charge in [-0.15, -0.1) is 6.58 Å². The zero-order chi connectivity index (χ0) is 32.1. The smallest absolute Gasteiger partial charge is 0.264 e. The molecule has 3 heterocycles. The molecule has 3 aromatic carbocycles. The van der Waals surface area contributed by atoms with Crippen LogP contribution < -0.4 is 14.8 Å². The van der Waals surface area contributed by atoms with Crippen LogP contribution in [0.5, 0.6) is 5.75 Å². The Bertz CT molecular complexity index is 1630. The lowest BCUT2D eigenvalue weighted by Gasteiger charge is -2.39. The number of ether oxygens (including phenoxy) is 2. The van der Waals surface area contributed by atoms with Gasteiger partial charge in [-0.2, -0.15) is 0 Å². The number of fused-ring (bicyclic) bond motifs is 3. The van der Waals surface area contributed by atoms with Crippen LogP contribution in [0, 0.1) is 5.92 Å². The minimum absolute atomic E-state index is 0.0814. The highest BCUT2D eigenvalue weighted by Gasteiger charge is 2.66. The molecule has 0 saturated carbocycles. The molecule has 0 radical (unpaired) electrons. The van der Waals surface area contributed by atoms with Gasteiger partial charge in [0.1, 0.15) is 5.75 Å². The van der Waals surface area contributed by atoms with Gasteiger partial charge in [-0.3, -0.25) is 9.59 Å². The highest BCUT2D eigenvalue weighted by atomic mass is 35.5. The monoisotopic (exact) mass is 644 g/mol. The first kappa shape index (κ1) is 31.5. The average molecular weight is 645 g/mol. The summed E-state index contributed by atoms with van der Waals surface area (Å²) in [4.78, 5) is 32.3. The normalized spacial score (nSPS) is 25.8. The van der Waals surface area contributed by atoms with Gasteiger partial charge in [0.15, 0.2) is 5.60 Å². The third kappa shape index (κ3) is 5.12. The average Bonchev–Trinajstić information content (AvgIpc) is 3.46. The number of carbonyl (C=O) groups is 2. The van der Waals surface area contributed by atoms with E-state index in [0.717, 1.165) is 28.1 Å². The fraction of sp³-hybridized carbons (Fsp3) is 0.389. The minimum Gasteiger partial charge on any atom is -0.497 e. The maximum atomic E-state index is 14.5. The molecule has 1 spiro atoms. The highest BCUT2D eigenvalue weighted by molar-refractivity contribution is 6.91. The summed E-state index contributed by atoms with van der Waals surface area (Å²) in [5.74, 6) is 0.292. The minimum atomic E-state index is -2.43. The Morgan fingerprint density at radius 2 is 1.87 bits per heavy atom. The number of anilines is 1. The maximum Gasteiger partial charge on any atom is 0.264 e. The van der Waals surface area contributed by atoms with Gasteiger partial charge >= 0.3 is 0 Å². The number of aliphatic hydroxyl groups excluding tert-OH is 1. The van der Waals surface area contributed by atoms with E-state index < -0.39 is 19.8 Å². The van der Waals surface area contributed by atoms with Crippen LogP contribution >= 0.6 is 11.6 Å². The van der Waals surface area contributed by atoms with Gasteiger partial charge in [0.2, 0.25) is 5.91 Å². The summed E-state index contributed by atoms with van der Waals surface area (Å²) in [6, 6.07) is 21.4. The van der Waals surface area contributed by atoms with Gasteiger partial charge in [0.05, 0.1) is 46.0 Å². The molecule has 0 bridgehead atoms. The van der Waals surface area contributed by atoms with E-state index >= 15 is 0 Å². The second kappa shape index (κ2) is 12.1. The van der Waals surface area contributed by atoms with Crippen LogP contribution in [-0.2, 0) is 32.9 Å². The first-order chi connectivity index (χ1) is 21.6. The van der Waals surface area contributed by atoms with E-state index in [1.165, 1.54) is 5.19 Å². The molecule has 3 aromatic rings. The van der Waals surface area contributed by atoms with Crippen LogP contribution in [0.15, 0.2) is 79.4 Å². The van der Waals surface area contributed by atoms with Crippen molar-refractivity contribution in [3.05, 3.63) is 101 Å². The molecular formula is C36H41ClN2O5Si. The van der Waals surface area contributed by atoms with E-state index in [9.17, 15) is 14.7 Å². The summed E-state index contributed by atoms with van der Waals surface area (Å²) in [6.07, 6.45) is 1.88. The van der Waals surface area contributed by atoms with Crippen molar-refractivity contribution in [1.82, 2.24) is 4.90 Å². The summed E-state index contributed by atoms with van der Waals surface area (Å²) in [5.41, 5.74) is 2.36. The largest absolute Gasteiger partial charge is 0.497 e.